The summed E-state index contributed by atoms with van der Waals surface area (Å²) in [5, 5.41) is 4.17. The number of carbonyl (C=O) groups is 2. The molecule has 1 unspecified atom stereocenters. The summed E-state index contributed by atoms with van der Waals surface area (Å²) in [5.41, 5.74) is 1.42. The van der Waals surface area contributed by atoms with E-state index in [2.05, 4.69) is 5.16 Å². The Morgan fingerprint density at radius 2 is 1.87 bits per heavy atom. The van der Waals surface area contributed by atoms with Crippen molar-refractivity contribution in [2.45, 2.75) is 38.0 Å². The summed E-state index contributed by atoms with van der Waals surface area (Å²) < 4.78 is 16.6. The fraction of sp³-hybridized carbons (Fsp3) is 0.522. The van der Waals surface area contributed by atoms with Gasteiger partial charge in [-0.1, -0.05) is 11.6 Å². The Kier molecular flexibility index (Phi) is 5.29. The van der Waals surface area contributed by atoms with Crippen LogP contribution in [0.3, 0.4) is 0 Å². The normalized spacial score (nSPS) is 20.8. The Bertz CT molecular complexity index is 983. The number of amides is 2. The molecule has 2 aliphatic heterocycles. The quantitative estimate of drug-likeness (QED) is 0.748. The van der Waals surface area contributed by atoms with E-state index in [-0.39, 0.29) is 29.4 Å². The van der Waals surface area contributed by atoms with Crippen molar-refractivity contribution in [3.8, 4) is 11.5 Å². The Balaban J connectivity index is 1.27. The number of nitrogens with zero attached hydrogens (tertiary/aromatic N) is 3. The van der Waals surface area contributed by atoms with E-state index in [1.807, 2.05) is 11.0 Å². The molecule has 1 saturated heterocycles. The van der Waals surface area contributed by atoms with Crippen LogP contribution in [0.1, 0.15) is 54.3 Å². The van der Waals surface area contributed by atoms with Gasteiger partial charge in [-0.3, -0.25) is 9.59 Å². The van der Waals surface area contributed by atoms with Gasteiger partial charge in [0.1, 0.15) is 13.2 Å². The van der Waals surface area contributed by atoms with Crippen LogP contribution in [-0.4, -0.2) is 55.2 Å². The third-order valence-electron chi connectivity index (χ3n) is 6.56. The summed E-state index contributed by atoms with van der Waals surface area (Å²) in [6, 6.07) is 7.12. The average molecular weight is 425 g/mol. The number of hydrogen-bond acceptors (Lipinski definition) is 6. The summed E-state index contributed by atoms with van der Waals surface area (Å²) >= 11 is 0. The molecule has 0 spiro atoms. The first-order valence-electron chi connectivity index (χ1n) is 11.0. The maximum absolute atomic E-state index is 13.0. The number of anilines is 1. The molecule has 5 rings (SSSR count). The molecule has 2 amide bonds. The van der Waals surface area contributed by atoms with Crippen molar-refractivity contribution >= 4 is 17.5 Å². The molecule has 1 saturated carbocycles. The van der Waals surface area contributed by atoms with Crippen LogP contribution in [-0.2, 0) is 4.79 Å². The topological polar surface area (TPSA) is 85.1 Å². The lowest BCUT2D eigenvalue weighted by Gasteiger charge is -2.36. The SMILES string of the molecule is CN(C(=O)c1cc(C2CCCN(C(=O)C3CCC3)C2)no1)c1ccc2c(c1)OCCO2. The van der Waals surface area contributed by atoms with Gasteiger partial charge in [0.25, 0.3) is 5.91 Å². The lowest BCUT2D eigenvalue weighted by atomic mass is 9.83. The van der Waals surface area contributed by atoms with Crippen LogP contribution < -0.4 is 14.4 Å². The molecule has 0 N–H and O–H groups in total. The van der Waals surface area contributed by atoms with E-state index < -0.39 is 0 Å². The number of likely N-dealkylation sites (tertiary alicyclic amines) is 1. The highest BCUT2D eigenvalue weighted by atomic mass is 16.6. The summed E-state index contributed by atoms with van der Waals surface area (Å²) in [6.45, 7) is 2.46. The highest BCUT2D eigenvalue weighted by Gasteiger charge is 2.34. The summed E-state index contributed by atoms with van der Waals surface area (Å²) in [7, 11) is 1.69. The van der Waals surface area contributed by atoms with Crippen molar-refractivity contribution in [3.63, 3.8) is 0 Å². The van der Waals surface area contributed by atoms with Gasteiger partial charge in [-0.2, -0.15) is 0 Å². The third kappa shape index (κ3) is 3.86. The molecule has 8 nitrogen and oxygen atoms in total. The Hall–Kier alpha value is -3.03. The Morgan fingerprint density at radius 3 is 2.65 bits per heavy atom. The predicted molar refractivity (Wildman–Crippen MR) is 113 cm³/mol. The monoisotopic (exact) mass is 425 g/mol. The van der Waals surface area contributed by atoms with Gasteiger partial charge in [-0.15, -0.1) is 0 Å². The minimum atomic E-state index is -0.284. The van der Waals surface area contributed by atoms with E-state index in [1.54, 1.807) is 25.2 Å². The van der Waals surface area contributed by atoms with Gasteiger partial charge in [0.15, 0.2) is 11.5 Å². The van der Waals surface area contributed by atoms with Crippen LogP contribution >= 0.6 is 0 Å². The number of fused-ring (bicyclic) bond motifs is 1. The lowest BCUT2D eigenvalue weighted by Crippen LogP contribution is -2.44. The van der Waals surface area contributed by atoms with Crippen LogP contribution in [0.4, 0.5) is 5.69 Å². The zero-order chi connectivity index (χ0) is 21.4. The second-order valence-corrected chi connectivity index (χ2v) is 8.56. The van der Waals surface area contributed by atoms with Crippen molar-refractivity contribution in [3.05, 3.63) is 35.7 Å². The van der Waals surface area contributed by atoms with Crippen LogP contribution in [0.25, 0.3) is 0 Å². The number of hydrogen-bond donors (Lipinski definition) is 0. The average Bonchev–Trinajstić information content (AvgIpc) is 3.27. The first-order chi connectivity index (χ1) is 15.1. The van der Waals surface area contributed by atoms with Crippen molar-refractivity contribution in [1.82, 2.24) is 10.1 Å². The summed E-state index contributed by atoms with van der Waals surface area (Å²) in [4.78, 5) is 29.1. The zero-order valence-electron chi connectivity index (χ0n) is 17.7. The predicted octanol–water partition coefficient (Wildman–Crippen LogP) is 3.23. The van der Waals surface area contributed by atoms with E-state index in [0.717, 1.165) is 44.3 Å². The number of aromatic nitrogens is 1. The molecular formula is C23H27N3O5. The lowest BCUT2D eigenvalue weighted by molar-refractivity contribution is -0.139. The van der Waals surface area contributed by atoms with Crippen molar-refractivity contribution in [1.29, 1.82) is 0 Å². The second kappa shape index (κ2) is 8.24. The van der Waals surface area contributed by atoms with Gasteiger partial charge in [0.05, 0.1) is 5.69 Å². The molecule has 3 heterocycles. The molecule has 3 aliphatic rings. The third-order valence-corrected chi connectivity index (χ3v) is 6.56. The number of benzene rings is 1. The van der Waals surface area contributed by atoms with Crippen LogP contribution in [0, 0.1) is 5.92 Å². The van der Waals surface area contributed by atoms with Gasteiger partial charge in [-0.25, -0.2) is 0 Å². The molecule has 2 fully saturated rings. The van der Waals surface area contributed by atoms with E-state index in [4.69, 9.17) is 14.0 Å². The molecule has 1 atom stereocenters. The molecule has 1 aliphatic carbocycles. The van der Waals surface area contributed by atoms with Crippen LogP contribution in [0.2, 0.25) is 0 Å². The number of rotatable bonds is 4. The maximum atomic E-state index is 13.0. The first-order valence-corrected chi connectivity index (χ1v) is 11.0. The second-order valence-electron chi connectivity index (χ2n) is 8.56. The zero-order valence-corrected chi connectivity index (χ0v) is 17.7. The molecule has 0 bridgehead atoms. The van der Waals surface area contributed by atoms with E-state index >= 15 is 0 Å². The number of piperidine rings is 1. The van der Waals surface area contributed by atoms with E-state index in [9.17, 15) is 9.59 Å². The standard InChI is InChI=1S/C23H27N3O5/c1-25(17-7-8-19-20(12-17)30-11-10-29-19)23(28)21-13-18(24-31-21)16-6-3-9-26(14-16)22(27)15-4-2-5-15/h7-8,12-13,15-16H,2-6,9-11,14H2,1H3. The molecule has 1 aromatic carbocycles. The first kappa shape index (κ1) is 19.9. The summed E-state index contributed by atoms with van der Waals surface area (Å²) in [5.74, 6) is 1.78. The van der Waals surface area contributed by atoms with E-state index in [1.165, 1.54) is 4.90 Å². The molecule has 1 aromatic heterocycles. The minimum Gasteiger partial charge on any atom is -0.486 e. The molecule has 31 heavy (non-hydrogen) atoms. The molecule has 2 aromatic rings. The Morgan fingerprint density at radius 1 is 1.06 bits per heavy atom. The van der Waals surface area contributed by atoms with Crippen molar-refractivity contribution < 1.29 is 23.6 Å². The number of ether oxygens (including phenoxy) is 2. The Labute approximate surface area is 181 Å². The fourth-order valence-electron chi connectivity index (χ4n) is 4.44. The van der Waals surface area contributed by atoms with E-state index in [0.29, 0.717) is 36.9 Å². The molecular weight excluding hydrogens is 398 g/mol. The van der Waals surface area contributed by atoms with Gasteiger partial charge >= 0.3 is 0 Å². The van der Waals surface area contributed by atoms with Gasteiger partial charge in [0.2, 0.25) is 11.7 Å². The highest BCUT2D eigenvalue weighted by Crippen LogP contribution is 2.35. The molecule has 0 radical (unpaired) electrons. The number of carbonyl (C=O) groups excluding carboxylic acids is 2. The van der Waals surface area contributed by atoms with Crippen molar-refractivity contribution in [2.75, 3.05) is 38.3 Å². The van der Waals surface area contributed by atoms with Gasteiger partial charge in [0, 0.05) is 49.8 Å². The minimum absolute atomic E-state index is 0.0997. The fourth-order valence-corrected chi connectivity index (χ4v) is 4.44. The van der Waals surface area contributed by atoms with Gasteiger partial charge in [-0.05, 0) is 37.8 Å². The smallest absolute Gasteiger partial charge is 0.296 e. The van der Waals surface area contributed by atoms with Crippen LogP contribution in [0.5, 0.6) is 11.5 Å². The maximum Gasteiger partial charge on any atom is 0.296 e. The van der Waals surface area contributed by atoms with Crippen LogP contribution in [0.15, 0.2) is 28.8 Å². The highest BCUT2D eigenvalue weighted by molar-refractivity contribution is 6.04. The summed E-state index contributed by atoms with van der Waals surface area (Å²) in [6.07, 6.45) is 5.05. The van der Waals surface area contributed by atoms with Crippen molar-refractivity contribution in [2.24, 2.45) is 5.92 Å². The largest absolute Gasteiger partial charge is 0.486 e. The van der Waals surface area contributed by atoms with Gasteiger partial charge < -0.3 is 23.8 Å². The molecule has 8 heteroatoms. The molecule has 164 valence electrons.